The van der Waals surface area contributed by atoms with Crippen molar-refractivity contribution in [3.8, 4) is 0 Å². The standard InChI is InChI=1S/C9H12N6O2/c10-8-7-9(12-3-11-8)15(4-13-7)6-2-1-5(14-16)17-6/h3-6,14,16H,1-2H2,(H2,10,11,12)/t5-,6+/m0/s1. The highest BCUT2D eigenvalue weighted by Crippen LogP contribution is 2.29. The average molecular weight is 236 g/mol. The molecule has 1 fully saturated rings. The number of hydrogen-bond acceptors (Lipinski definition) is 7. The monoisotopic (exact) mass is 236 g/mol. The second kappa shape index (κ2) is 3.91. The molecule has 0 aliphatic carbocycles. The van der Waals surface area contributed by atoms with Gasteiger partial charge in [0.25, 0.3) is 0 Å². The molecule has 8 heteroatoms. The van der Waals surface area contributed by atoms with Crippen molar-refractivity contribution in [2.45, 2.75) is 25.3 Å². The van der Waals surface area contributed by atoms with Crippen LogP contribution in [0.1, 0.15) is 19.1 Å². The number of nitrogens with zero attached hydrogens (tertiary/aromatic N) is 4. The lowest BCUT2D eigenvalue weighted by Crippen LogP contribution is -2.25. The second-order valence-electron chi connectivity index (χ2n) is 3.87. The first-order valence-electron chi connectivity index (χ1n) is 5.27. The molecule has 0 bridgehead atoms. The van der Waals surface area contributed by atoms with Crippen molar-refractivity contribution in [3.05, 3.63) is 12.7 Å². The number of nitrogen functional groups attached to an aromatic ring is 1. The van der Waals surface area contributed by atoms with Crippen molar-refractivity contribution in [2.24, 2.45) is 0 Å². The molecule has 0 radical (unpaired) electrons. The number of aromatic nitrogens is 4. The number of nitrogens with two attached hydrogens (primary N) is 1. The third-order valence-electron chi connectivity index (χ3n) is 2.84. The highest BCUT2D eigenvalue weighted by atomic mass is 16.6. The zero-order valence-electron chi connectivity index (χ0n) is 8.95. The molecule has 0 aromatic carbocycles. The molecule has 17 heavy (non-hydrogen) atoms. The Morgan fingerprint density at radius 2 is 2.29 bits per heavy atom. The Balaban J connectivity index is 1.99. The fourth-order valence-corrected chi connectivity index (χ4v) is 2.00. The van der Waals surface area contributed by atoms with Gasteiger partial charge in [0, 0.05) is 0 Å². The van der Waals surface area contributed by atoms with Crippen LogP contribution in [0.4, 0.5) is 5.82 Å². The van der Waals surface area contributed by atoms with Gasteiger partial charge in [-0.25, -0.2) is 15.0 Å². The highest BCUT2D eigenvalue weighted by Gasteiger charge is 2.27. The summed E-state index contributed by atoms with van der Waals surface area (Å²) in [5, 5.41) is 8.79. The van der Waals surface area contributed by atoms with Gasteiger partial charge in [-0.15, -0.1) is 0 Å². The van der Waals surface area contributed by atoms with Gasteiger partial charge in [0.05, 0.1) is 6.33 Å². The molecule has 2 aromatic heterocycles. The van der Waals surface area contributed by atoms with Crippen LogP contribution in [0.5, 0.6) is 0 Å². The van der Waals surface area contributed by atoms with Gasteiger partial charge in [0.15, 0.2) is 11.5 Å². The molecule has 3 heterocycles. The molecule has 1 aliphatic heterocycles. The van der Waals surface area contributed by atoms with Gasteiger partial charge in [-0.05, 0) is 12.8 Å². The van der Waals surface area contributed by atoms with Gasteiger partial charge in [-0.1, -0.05) is 0 Å². The lowest BCUT2D eigenvalue weighted by Gasteiger charge is -2.13. The van der Waals surface area contributed by atoms with Crippen LogP contribution in [0.15, 0.2) is 12.7 Å². The smallest absolute Gasteiger partial charge is 0.167 e. The molecule has 90 valence electrons. The number of nitrogens with one attached hydrogen (secondary N) is 1. The first-order chi connectivity index (χ1) is 8.29. The summed E-state index contributed by atoms with van der Waals surface area (Å²) in [5.41, 5.74) is 9.01. The van der Waals surface area contributed by atoms with Crippen molar-refractivity contribution in [2.75, 3.05) is 5.73 Å². The number of fused-ring (bicyclic) bond motifs is 1. The number of rotatable bonds is 2. The van der Waals surface area contributed by atoms with Crippen LogP contribution in [0.2, 0.25) is 0 Å². The van der Waals surface area contributed by atoms with E-state index in [2.05, 4.69) is 20.4 Å². The number of hydrogen-bond donors (Lipinski definition) is 3. The Morgan fingerprint density at radius 3 is 3.06 bits per heavy atom. The fourth-order valence-electron chi connectivity index (χ4n) is 2.00. The van der Waals surface area contributed by atoms with Gasteiger partial charge in [-0.3, -0.25) is 4.57 Å². The van der Waals surface area contributed by atoms with Crippen LogP contribution >= 0.6 is 0 Å². The number of anilines is 1. The molecule has 1 aliphatic rings. The number of ether oxygens (including phenoxy) is 1. The third kappa shape index (κ3) is 1.62. The lowest BCUT2D eigenvalue weighted by atomic mass is 10.3. The van der Waals surface area contributed by atoms with Gasteiger partial charge in [0.1, 0.15) is 24.3 Å². The molecule has 0 saturated carbocycles. The SMILES string of the molecule is Nc1ncnc2c1ncn2[C@H]1CC[C@@H](NO)O1. The van der Waals surface area contributed by atoms with E-state index in [0.717, 1.165) is 12.8 Å². The van der Waals surface area contributed by atoms with Gasteiger partial charge < -0.3 is 15.7 Å². The van der Waals surface area contributed by atoms with E-state index >= 15 is 0 Å². The lowest BCUT2D eigenvalue weighted by molar-refractivity contribution is -0.0697. The molecular weight excluding hydrogens is 224 g/mol. The van der Waals surface area contributed by atoms with Crippen molar-refractivity contribution >= 4 is 17.0 Å². The van der Waals surface area contributed by atoms with Gasteiger partial charge in [-0.2, -0.15) is 5.48 Å². The average Bonchev–Trinajstić information content (AvgIpc) is 2.94. The first-order valence-corrected chi connectivity index (χ1v) is 5.27. The van der Waals surface area contributed by atoms with Crippen LogP contribution in [0.3, 0.4) is 0 Å². The molecule has 3 rings (SSSR count). The van der Waals surface area contributed by atoms with Crippen LogP contribution < -0.4 is 11.2 Å². The quantitative estimate of drug-likeness (QED) is 0.630. The normalized spacial score (nSPS) is 24.5. The minimum absolute atomic E-state index is 0.195. The molecule has 1 saturated heterocycles. The third-order valence-corrected chi connectivity index (χ3v) is 2.84. The summed E-state index contributed by atoms with van der Waals surface area (Å²) >= 11 is 0. The predicted octanol–water partition coefficient (Wildman–Crippen LogP) is 0.0224. The van der Waals surface area contributed by atoms with Gasteiger partial charge in [0.2, 0.25) is 0 Å². The Hall–Kier alpha value is -1.77. The largest absolute Gasteiger partial charge is 0.382 e. The maximum atomic E-state index is 8.79. The van der Waals surface area contributed by atoms with E-state index in [-0.39, 0.29) is 12.5 Å². The Labute approximate surface area is 96.4 Å². The number of hydroxylamine groups is 1. The van der Waals surface area contributed by atoms with Crippen LogP contribution in [-0.2, 0) is 4.74 Å². The van der Waals surface area contributed by atoms with Crippen LogP contribution in [0, 0.1) is 0 Å². The van der Waals surface area contributed by atoms with Crippen LogP contribution in [0.25, 0.3) is 11.2 Å². The number of imidazole rings is 1. The van der Waals surface area contributed by atoms with Crippen molar-refractivity contribution < 1.29 is 9.94 Å². The first kappa shape index (κ1) is 10.4. The second-order valence-corrected chi connectivity index (χ2v) is 3.87. The summed E-state index contributed by atoms with van der Waals surface area (Å²) < 4.78 is 7.36. The molecule has 0 amide bonds. The Bertz CT molecular complexity index is 541. The summed E-state index contributed by atoms with van der Waals surface area (Å²) in [7, 11) is 0. The van der Waals surface area contributed by atoms with Crippen molar-refractivity contribution in [1.82, 2.24) is 25.0 Å². The zero-order chi connectivity index (χ0) is 11.8. The molecule has 8 nitrogen and oxygen atoms in total. The zero-order valence-corrected chi connectivity index (χ0v) is 8.95. The summed E-state index contributed by atoms with van der Waals surface area (Å²) in [6.45, 7) is 0. The minimum atomic E-state index is -0.350. The molecule has 0 unspecified atom stereocenters. The van der Waals surface area contributed by atoms with Crippen molar-refractivity contribution in [3.63, 3.8) is 0 Å². The van der Waals surface area contributed by atoms with E-state index in [1.165, 1.54) is 6.33 Å². The Kier molecular flexibility index (Phi) is 2.39. The fraction of sp³-hybridized carbons (Fsp3) is 0.444. The maximum Gasteiger partial charge on any atom is 0.167 e. The molecule has 2 aromatic rings. The summed E-state index contributed by atoms with van der Waals surface area (Å²) in [6, 6.07) is 0. The summed E-state index contributed by atoms with van der Waals surface area (Å²) in [6.07, 6.45) is 3.97. The Morgan fingerprint density at radius 1 is 1.41 bits per heavy atom. The maximum absolute atomic E-state index is 8.79. The minimum Gasteiger partial charge on any atom is -0.382 e. The van der Waals surface area contributed by atoms with Gasteiger partial charge >= 0.3 is 0 Å². The molecular formula is C9H12N6O2. The predicted molar refractivity (Wildman–Crippen MR) is 57.8 cm³/mol. The van der Waals surface area contributed by atoms with E-state index in [1.807, 2.05) is 0 Å². The molecule has 2 atom stereocenters. The molecule has 4 N–H and O–H groups in total. The summed E-state index contributed by atoms with van der Waals surface area (Å²) in [5.74, 6) is 0.351. The van der Waals surface area contributed by atoms with E-state index < -0.39 is 0 Å². The van der Waals surface area contributed by atoms with Crippen molar-refractivity contribution in [1.29, 1.82) is 0 Å². The summed E-state index contributed by atoms with van der Waals surface area (Å²) in [4.78, 5) is 12.2. The topological polar surface area (TPSA) is 111 Å². The van der Waals surface area contributed by atoms with E-state index in [9.17, 15) is 0 Å². The molecule has 0 spiro atoms. The van der Waals surface area contributed by atoms with Crippen LogP contribution in [-0.4, -0.2) is 31.0 Å². The van der Waals surface area contributed by atoms with E-state index in [4.69, 9.17) is 15.7 Å². The van der Waals surface area contributed by atoms with E-state index in [0.29, 0.717) is 17.0 Å². The van der Waals surface area contributed by atoms with E-state index in [1.54, 1.807) is 10.9 Å². The highest BCUT2D eigenvalue weighted by molar-refractivity contribution is 5.81.